The SMILES string of the molecule is CCSCCOC(=O)C1=C(C)N(C)C(=O)N[C@H]1c1cc2c(cc1[N+](=O)[O-])OCO2. The summed E-state index contributed by atoms with van der Waals surface area (Å²) in [6.07, 6.45) is 0. The highest BCUT2D eigenvalue weighted by molar-refractivity contribution is 7.99. The van der Waals surface area contributed by atoms with Crippen molar-refractivity contribution in [2.24, 2.45) is 0 Å². The third kappa shape index (κ3) is 4.09. The first kappa shape index (κ1) is 20.8. The molecule has 0 fully saturated rings. The van der Waals surface area contributed by atoms with Crippen LogP contribution in [0.5, 0.6) is 11.5 Å². The second-order valence-electron chi connectivity index (χ2n) is 6.29. The molecule has 1 aromatic carbocycles. The molecule has 0 spiro atoms. The lowest BCUT2D eigenvalue weighted by molar-refractivity contribution is -0.385. The summed E-state index contributed by atoms with van der Waals surface area (Å²) in [5.74, 6) is 1.43. The number of hydrogen-bond donors (Lipinski definition) is 1. The lowest BCUT2D eigenvalue weighted by Crippen LogP contribution is -2.46. The third-order valence-corrected chi connectivity index (χ3v) is 5.53. The molecular weight excluding hydrogens is 402 g/mol. The molecule has 0 radical (unpaired) electrons. The number of rotatable bonds is 7. The van der Waals surface area contributed by atoms with Crippen LogP contribution in [0.1, 0.15) is 25.5 Å². The largest absolute Gasteiger partial charge is 0.461 e. The summed E-state index contributed by atoms with van der Waals surface area (Å²) >= 11 is 1.62. The van der Waals surface area contributed by atoms with Crippen molar-refractivity contribution in [1.29, 1.82) is 0 Å². The van der Waals surface area contributed by atoms with Crippen molar-refractivity contribution in [2.75, 3.05) is 32.0 Å². The van der Waals surface area contributed by atoms with E-state index < -0.39 is 23.0 Å². The van der Waals surface area contributed by atoms with Crippen LogP contribution in [0.2, 0.25) is 0 Å². The minimum absolute atomic E-state index is 0.0609. The molecule has 10 nitrogen and oxygen atoms in total. The van der Waals surface area contributed by atoms with E-state index in [-0.39, 0.29) is 36.0 Å². The van der Waals surface area contributed by atoms with Crippen LogP contribution in [-0.2, 0) is 9.53 Å². The minimum atomic E-state index is -1.06. The van der Waals surface area contributed by atoms with Gasteiger partial charge in [0, 0.05) is 18.5 Å². The van der Waals surface area contributed by atoms with Crippen LogP contribution in [0, 0.1) is 10.1 Å². The van der Waals surface area contributed by atoms with Gasteiger partial charge in [-0.3, -0.25) is 10.1 Å². The van der Waals surface area contributed by atoms with Crippen LogP contribution in [0.4, 0.5) is 10.5 Å². The van der Waals surface area contributed by atoms with E-state index in [2.05, 4.69) is 5.32 Å². The Hall–Kier alpha value is -2.95. The average molecular weight is 423 g/mol. The van der Waals surface area contributed by atoms with Gasteiger partial charge in [0.05, 0.1) is 28.2 Å². The maximum absolute atomic E-state index is 12.8. The second kappa shape index (κ2) is 8.60. The van der Waals surface area contributed by atoms with Gasteiger partial charge in [0.15, 0.2) is 11.5 Å². The Balaban J connectivity index is 2.03. The molecule has 2 amide bonds. The predicted molar refractivity (Wildman–Crippen MR) is 105 cm³/mol. The van der Waals surface area contributed by atoms with Crippen molar-refractivity contribution in [3.63, 3.8) is 0 Å². The number of ether oxygens (including phenoxy) is 3. The van der Waals surface area contributed by atoms with E-state index in [1.807, 2.05) is 6.92 Å². The van der Waals surface area contributed by atoms with E-state index in [1.165, 1.54) is 24.1 Å². The van der Waals surface area contributed by atoms with Crippen molar-refractivity contribution in [3.05, 3.63) is 39.1 Å². The van der Waals surface area contributed by atoms with E-state index in [9.17, 15) is 19.7 Å². The summed E-state index contributed by atoms with van der Waals surface area (Å²) in [5, 5.41) is 14.3. The number of carbonyl (C=O) groups excluding carboxylic acids is 2. The number of nitrogens with one attached hydrogen (secondary N) is 1. The number of allylic oxidation sites excluding steroid dienone is 1. The monoisotopic (exact) mass is 423 g/mol. The number of fused-ring (bicyclic) bond motifs is 1. The molecule has 29 heavy (non-hydrogen) atoms. The van der Waals surface area contributed by atoms with Gasteiger partial charge in [0.2, 0.25) is 6.79 Å². The van der Waals surface area contributed by atoms with Gasteiger partial charge >= 0.3 is 12.0 Å². The first-order valence-electron chi connectivity index (χ1n) is 8.93. The molecule has 156 valence electrons. The number of benzene rings is 1. The summed E-state index contributed by atoms with van der Waals surface area (Å²) in [7, 11) is 1.51. The van der Waals surface area contributed by atoms with Crippen LogP contribution < -0.4 is 14.8 Å². The van der Waals surface area contributed by atoms with Gasteiger partial charge < -0.3 is 24.4 Å². The first-order chi connectivity index (χ1) is 13.8. The van der Waals surface area contributed by atoms with Crippen molar-refractivity contribution in [3.8, 4) is 11.5 Å². The molecule has 0 bridgehead atoms. The average Bonchev–Trinajstić information content (AvgIpc) is 3.15. The van der Waals surface area contributed by atoms with E-state index in [0.29, 0.717) is 17.2 Å². The molecule has 0 saturated carbocycles. The van der Waals surface area contributed by atoms with Gasteiger partial charge in [-0.2, -0.15) is 11.8 Å². The van der Waals surface area contributed by atoms with Crippen LogP contribution in [0.25, 0.3) is 0 Å². The van der Waals surface area contributed by atoms with Crippen molar-refractivity contribution in [2.45, 2.75) is 19.9 Å². The number of urea groups is 1. The summed E-state index contributed by atoms with van der Waals surface area (Å²) < 4.78 is 15.9. The summed E-state index contributed by atoms with van der Waals surface area (Å²) in [4.78, 5) is 37.5. The Morgan fingerprint density at radius 1 is 1.41 bits per heavy atom. The van der Waals surface area contributed by atoms with E-state index in [4.69, 9.17) is 14.2 Å². The fourth-order valence-electron chi connectivity index (χ4n) is 3.08. The number of nitrogens with zero attached hydrogens (tertiary/aromatic N) is 2. The second-order valence-corrected chi connectivity index (χ2v) is 7.69. The van der Waals surface area contributed by atoms with Crippen molar-refractivity contribution >= 4 is 29.4 Å². The summed E-state index contributed by atoms with van der Waals surface area (Å²) in [5.41, 5.74) is 0.327. The Morgan fingerprint density at radius 3 is 2.76 bits per heavy atom. The maximum atomic E-state index is 12.8. The fraction of sp³-hybridized carbons (Fsp3) is 0.444. The standard InChI is InChI=1S/C18H21N3O7S/c1-4-29-6-5-26-17(22)15-10(2)20(3)18(23)19-16(15)11-7-13-14(28-9-27-13)8-12(11)21(24)25/h7-8,16H,4-6,9H2,1-3H3,(H,19,23)/t16-/m0/s1. The molecule has 0 saturated heterocycles. The molecular formula is C18H21N3O7S. The zero-order valence-corrected chi connectivity index (χ0v) is 17.0. The van der Waals surface area contributed by atoms with Crippen LogP contribution >= 0.6 is 11.8 Å². The van der Waals surface area contributed by atoms with Gasteiger partial charge in [-0.05, 0) is 18.7 Å². The maximum Gasteiger partial charge on any atom is 0.338 e. The number of thioether (sulfide) groups is 1. The van der Waals surface area contributed by atoms with Gasteiger partial charge in [0.25, 0.3) is 5.69 Å². The quantitative estimate of drug-likeness (QED) is 0.307. The molecule has 0 unspecified atom stereocenters. The van der Waals surface area contributed by atoms with E-state index in [0.717, 1.165) is 5.75 Å². The van der Waals surface area contributed by atoms with Gasteiger partial charge in [-0.25, -0.2) is 9.59 Å². The molecule has 11 heteroatoms. The normalized spacial score (nSPS) is 18.0. The number of carbonyl (C=O) groups is 2. The zero-order valence-electron chi connectivity index (χ0n) is 16.2. The van der Waals surface area contributed by atoms with Crippen molar-refractivity contribution in [1.82, 2.24) is 10.2 Å². The Kier molecular flexibility index (Phi) is 6.16. The van der Waals surface area contributed by atoms with Crippen LogP contribution in [0.15, 0.2) is 23.4 Å². The third-order valence-electron chi connectivity index (χ3n) is 4.67. The summed E-state index contributed by atoms with van der Waals surface area (Å²) in [6.45, 7) is 3.73. The number of hydrogen-bond acceptors (Lipinski definition) is 8. The molecule has 3 rings (SSSR count). The van der Waals surface area contributed by atoms with E-state index >= 15 is 0 Å². The number of nitro benzene ring substituents is 1. The van der Waals surface area contributed by atoms with Gasteiger partial charge in [-0.15, -0.1) is 0 Å². The first-order valence-corrected chi connectivity index (χ1v) is 10.1. The van der Waals surface area contributed by atoms with Crippen molar-refractivity contribution < 1.29 is 28.7 Å². The number of amides is 2. The number of nitro groups is 1. The molecule has 0 aromatic heterocycles. The summed E-state index contributed by atoms with van der Waals surface area (Å²) in [6, 6.07) is 1.11. The molecule has 2 aliphatic heterocycles. The number of esters is 1. The van der Waals surface area contributed by atoms with Gasteiger partial charge in [0.1, 0.15) is 6.61 Å². The molecule has 1 aromatic rings. The molecule has 1 atom stereocenters. The smallest absolute Gasteiger partial charge is 0.338 e. The van der Waals surface area contributed by atoms with E-state index in [1.54, 1.807) is 18.7 Å². The minimum Gasteiger partial charge on any atom is -0.461 e. The Bertz CT molecular complexity index is 886. The predicted octanol–water partition coefficient (Wildman–Crippen LogP) is 2.59. The topological polar surface area (TPSA) is 120 Å². The highest BCUT2D eigenvalue weighted by Crippen LogP contribution is 2.43. The molecule has 0 aliphatic carbocycles. The Morgan fingerprint density at radius 2 is 2.10 bits per heavy atom. The lowest BCUT2D eigenvalue weighted by atomic mass is 9.93. The highest BCUT2D eigenvalue weighted by atomic mass is 32.2. The zero-order chi connectivity index (χ0) is 21.1. The van der Waals surface area contributed by atoms with Crippen LogP contribution in [0.3, 0.4) is 0 Å². The van der Waals surface area contributed by atoms with Gasteiger partial charge in [-0.1, -0.05) is 6.92 Å². The lowest BCUT2D eigenvalue weighted by Gasteiger charge is -2.33. The molecule has 2 aliphatic rings. The molecule has 1 N–H and O–H groups in total. The van der Waals surface area contributed by atoms with Crippen LogP contribution in [-0.4, -0.2) is 53.8 Å². The molecule has 2 heterocycles. The highest BCUT2D eigenvalue weighted by Gasteiger charge is 2.39. The fourth-order valence-corrected chi connectivity index (χ4v) is 3.57. The Labute approximate surface area is 171 Å².